The summed E-state index contributed by atoms with van der Waals surface area (Å²) in [4.78, 5) is 0. The summed E-state index contributed by atoms with van der Waals surface area (Å²) in [6.07, 6.45) is 12.7. The molecule has 2 nitrogen and oxygen atoms in total. The van der Waals surface area contributed by atoms with Crippen LogP contribution in [0.1, 0.15) is 64.2 Å². The molecule has 1 saturated carbocycles. The Morgan fingerprint density at radius 3 is 2.33 bits per heavy atom. The molecule has 1 rings (SSSR count). The summed E-state index contributed by atoms with van der Waals surface area (Å²) in [6.45, 7) is 1.10. The average molecular weight is 208 g/mol. The number of rotatable bonds is 5. The van der Waals surface area contributed by atoms with Gasteiger partial charge in [-0.25, -0.2) is 0 Å². The minimum absolute atomic E-state index is 0.715. The zero-order valence-electron chi connectivity index (χ0n) is 9.80. The van der Waals surface area contributed by atoms with E-state index in [2.05, 4.69) is 11.4 Å². The summed E-state index contributed by atoms with van der Waals surface area (Å²) in [5.74, 6) is 0. The summed E-state index contributed by atoms with van der Waals surface area (Å²) in [5.41, 5.74) is 0. The van der Waals surface area contributed by atoms with E-state index in [4.69, 9.17) is 5.26 Å². The van der Waals surface area contributed by atoms with Gasteiger partial charge in [0.2, 0.25) is 0 Å². The molecular formula is C13H24N2. The average Bonchev–Trinajstić information content (AvgIpc) is 2.20. The molecule has 0 bridgehead atoms. The highest BCUT2D eigenvalue weighted by Gasteiger charge is 2.09. The van der Waals surface area contributed by atoms with Crippen molar-refractivity contribution >= 4 is 0 Å². The zero-order valence-corrected chi connectivity index (χ0v) is 9.80. The lowest BCUT2D eigenvalue weighted by atomic mass is 9.96. The third kappa shape index (κ3) is 6.52. The van der Waals surface area contributed by atoms with Crippen LogP contribution in [-0.2, 0) is 0 Å². The quantitative estimate of drug-likeness (QED) is 0.703. The molecule has 0 saturated heterocycles. The van der Waals surface area contributed by atoms with Crippen LogP contribution in [0.5, 0.6) is 0 Å². The van der Waals surface area contributed by atoms with Crippen LogP contribution in [0.25, 0.3) is 0 Å². The maximum Gasteiger partial charge on any atom is 0.0621 e. The molecule has 0 radical (unpaired) electrons. The fraction of sp³-hybridized carbons (Fsp3) is 0.923. The molecule has 0 amide bonds. The maximum absolute atomic E-state index is 8.41. The van der Waals surface area contributed by atoms with Crippen molar-refractivity contribution in [2.24, 2.45) is 0 Å². The van der Waals surface area contributed by atoms with E-state index in [0.29, 0.717) is 6.42 Å². The Labute approximate surface area is 94.1 Å². The molecule has 0 aliphatic heterocycles. The van der Waals surface area contributed by atoms with Crippen molar-refractivity contribution < 1.29 is 0 Å². The Kier molecular flexibility index (Phi) is 7.29. The normalized spacial score (nSPS) is 19.1. The maximum atomic E-state index is 8.41. The molecule has 0 aromatic rings. The smallest absolute Gasteiger partial charge is 0.0621 e. The van der Waals surface area contributed by atoms with Crippen LogP contribution in [0, 0.1) is 11.3 Å². The van der Waals surface area contributed by atoms with Crippen molar-refractivity contribution in [3.05, 3.63) is 0 Å². The van der Waals surface area contributed by atoms with E-state index in [1.54, 1.807) is 0 Å². The Morgan fingerprint density at radius 2 is 1.67 bits per heavy atom. The first-order valence-electron chi connectivity index (χ1n) is 6.54. The van der Waals surface area contributed by atoms with E-state index in [9.17, 15) is 0 Å². The summed E-state index contributed by atoms with van der Waals surface area (Å²) >= 11 is 0. The highest BCUT2D eigenvalue weighted by atomic mass is 14.9. The van der Waals surface area contributed by atoms with Gasteiger partial charge in [0.15, 0.2) is 0 Å². The molecule has 1 aliphatic rings. The molecule has 1 N–H and O–H groups in total. The first kappa shape index (κ1) is 12.5. The van der Waals surface area contributed by atoms with Crippen molar-refractivity contribution in [1.29, 1.82) is 5.26 Å². The summed E-state index contributed by atoms with van der Waals surface area (Å²) in [5, 5.41) is 12.1. The van der Waals surface area contributed by atoms with Crippen LogP contribution in [0.4, 0.5) is 0 Å². The lowest BCUT2D eigenvalue weighted by Crippen LogP contribution is -2.30. The predicted molar refractivity (Wildman–Crippen MR) is 63.6 cm³/mol. The lowest BCUT2D eigenvalue weighted by molar-refractivity contribution is 0.387. The van der Waals surface area contributed by atoms with Crippen molar-refractivity contribution in [2.75, 3.05) is 6.54 Å². The number of unbranched alkanes of at least 4 members (excludes halogenated alkanes) is 2. The van der Waals surface area contributed by atoms with Gasteiger partial charge in [0.05, 0.1) is 6.07 Å². The van der Waals surface area contributed by atoms with E-state index in [0.717, 1.165) is 25.4 Å². The van der Waals surface area contributed by atoms with Crippen LogP contribution in [0.15, 0.2) is 0 Å². The zero-order chi connectivity index (χ0) is 10.8. The third-order valence-electron chi connectivity index (χ3n) is 3.25. The number of hydrogen-bond donors (Lipinski definition) is 1. The van der Waals surface area contributed by atoms with Crippen LogP contribution in [0.2, 0.25) is 0 Å². The SMILES string of the molecule is N#CCCCCNC1CCCCCCC1. The molecule has 15 heavy (non-hydrogen) atoms. The van der Waals surface area contributed by atoms with E-state index >= 15 is 0 Å². The van der Waals surface area contributed by atoms with Gasteiger partial charge in [-0.15, -0.1) is 0 Å². The van der Waals surface area contributed by atoms with Crippen LogP contribution in [-0.4, -0.2) is 12.6 Å². The van der Waals surface area contributed by atoms with Crippen LogP contribution in [0.3, 0.4) is 0 Å². The van der Waals surface area contributed by atoms with Gasteiger partial charge < -0.3 is 5.32 Å². The van der Waals surface area contributed by atoms with Crippen LogP contribution >= 0.6 is 0 Å². The third-order valence-corrected chi connectivity index (χ3v) is 3.25. The molecule has 0 aromatic carbocycles. The molecule has 86 valence electrons. The summed E-state index contributed by atoms with van der Waals surface area (Å²) in [7, 11) is 0. The molecule has 1 fully saturated rings. The number of nitriles is 1. The van der Waals surface area contributed by atoms with Gasteiger partial charge in [-0.05, 0) is 32.2 Å². The number of nitrogens with one attached hydrogen (secondary N) is 1. The highest BCUT2D eigenvalue weighted by molar-refractivity contribution is 4.71. The van der Waals surface area contributed by atoms with E-state index in [1.165, 1.54) is 44.9 Å². The Hall–Kier alpha value is -0.550. The largest absolute Gasteiger partial charge is 0.314 e. The van der Waals surface area contributed by atoms with E-state index < -0.39 is 0 Å². The molecule has 1 aliphatic carbocycles. The van der Waals surface area contributed by atoms with E-state index in [1.807, 2.05) is 0 Å². The molecule has 0 unspecified atom stereocenters. The fourth-order valence-corrected chi connectivity index (χ4v) is 2.30. The second-order valence-corrected chi connectivity index (χ2v) is 4.61. The number of nitrogens with zero attached hydrogens (tertiary/aromatic N) is 1. The first-order valence-corrected chi connectivity index (χ1v) is 6.54. The molecule has 0 heterocycles. The monoisotopic (exact) mass is 208 g/mol. The Bertz CT molecular complexity index is 175. The van der Waals surface area contributed by atoms with Gasteiger partial charge in [-0.3, -0.25) is 0 Å². The molecule has 0 spiro atoms. The van der Waals surface area contributed by atoms with Gasteiger partial charge in [0.1, 0.15) is 0 Å². The summed E-state index contributed by atoms with van der Waals surface area (Å²) in [6, 6.07) is 2.95. The van der Waals surface area contributed by atoms with Crippen molar-refractivity contribution in [3.63, 3.8) is 0 Å². The lowest BCUT2D eigenvalue weighted by Gasteiger charge is -2.20. The van der Waals surface area contributed by atoms with Crippen molar-refractivity contribution in [1.82, 2.24) is 5.32 Å². The fourth-order valence-electron chi connectivity index (χ4n) is 2.30. The standard InChI is InChI=1S/C13H24N2/c14-11-7-4-8-12-15-13-9-5-2-1-3-6-10-13/h13,15H,1-10,12H2. The Balaban J connectivity index is 2.00. The molecule has 0 atom stereocenters. The van der Waals surface area contributed by atoms with Crippen molar-refractivity contribution in [3.8, 4) is 6.07 Å². The second kappa shape index (κ2) is 8.73. The predicted octanol–water partition coefficient (Wildman–Crippen LogP) is 3.38. The Morgan fingerprint density at radius 1 is 1.00 bits per heavy atom. The minimum Gasteiger partial charge on any atom is -0.314 e. The van der Waals surface area contributed by atoms with Gasteiger partial charge in [0.25, 0.3) is 0 Å². The molecule has 0 aromatic heterocycles. The van der Waals surface area contributed by atoms with Gasteiger partial charge in [-0.1, -0.05) is 32.1 Å². The van der Waals surface area contributed by atoms with Gasteiger partial charge >= 0.3 is 0 Å². The van der Waals surface area contributed by atoms with Gasteiger partial charge in [0, 0.05) is 12.5 Å². The van der Waals surface area contributed by atoms with E-state index in [-0.39, 0.29) is 0 Å². The van der Waals surface area contributed by atoms with Crippen molar-refractivity contribution in [2.45, 2.75) is 70.3 Å². The topological polar surface area (TPSA) is 35.8 Å². The summed E-state index contributed by atoms with van der Waals surface area (Å²) < 4.78 is 0. The molecule has 2 heteroatoms. The first-order chi connectivity index (χ1) is 7.43. The molecular weight excluding hydrogens is 184 g/mol. The second-order valence-electron chi connectivity index (χ2n) is 4.61. The minimum atomic E-state index is 0.715. The van der Waals surface area contributed by atoms with Crippen LogP contribution < -0.4 is 5.32 Å². The van der Waals surface area contributed by atoms with Gasteiger partial charge in [-0.2, -0.15) is 5.26 Å². The highest BCUT2D eigenvalue weighted by Crippen LogP contribution is 2.16. The number of hydrogen-bond acceptors (Lipinski definition) is 2.